The number of ether oxygens (including phenoxy) is 2. The normalized spacial score (nSPS) is 21.1. The van der Waals surface area contributed by atoms with E-state index in [0.29, 0.717) is 11.2 Å². The van der Waals surface area contributed by atoms with E-state index in [1.54, 1.807) is 14.2 Å². The predicted molar refractivity (Wildman–Crippen MR) is 129 cm³/mol. The molecule has 3 aromatic rings. The van der Waals surface area contributed by atoms with Crippen LogP contribution < -0.4 is 19.7 Å². The van der Waals surface area contributed by atoms with E-state index < -0.39 is 0 Å². The molecule has 166 valence electrons. The zero-order valence-electron chi connectivity index (χ0n) is 18.4. The van der Waals surface area contributed by atoms with Crippen LogP contribution in [0.5, 0.6) is 11.5 Å². The van der Waals surface area contributed by atoms with Crippen molar-refractivity contribution in [1.29, 1.82) is 0 Å². The van der Waals surface area contributed by atoms with Gasteiger partial charge in [-0.05, 0) is 61.0 Å². The fourth-order valence-corrected chi connectivity index (χ4v) is 5.31. The van der Waals surface area contributed by atoms with Crippen LogP contribution in [-0.4, -0.2) is 28.9 Å². The highest BCUT2D eigenvalue weighted by Crippen LogP contribution is 2.46. The number of hydrogen-bond acceptors (Lipinski definition) is 4. The minimum Gasteiger partial charge on any atom is -0.497 e. The monoisotopic (exact) mass is 448 g/mol. The molecule has 2 aromatic heterocycles. The van der Waals surface area contributed by atoms with Gasteiger partial charge in [0.2, 0.25) is 0 Å². The van der Waals surface area contributed by atoms with Gasteiger partial charge in [-0.15, -0.1) is 0 Å². The molecule has 1 aliphatic heterocycles. The van der Waals surface area contributed by atoms with Crippen LogP contribution in [0.25, 0.3) is 0 Å². The van der Waals surface area contributed by atoms with Gasteiger partial charge in [0.1, 0.15) is 11.5 Å². The van der Waals surface area contributed by atoms with Crippen LogP contribution in [0.1, 0.15) is 55.1 Å². The SMILES string of the molecule is COc1ccc(OC)c(N2C(=S)N[C@H](c3ccccn3)[C@@H]2c2ccn(C3CCCC3)c2)c1. The van der Waals surface area contributed by atoms with Crippen LogP contribution in [-0.2, 0) is 0 Å². The predicted octanol–water partition coefficient (Wildman–Crippen LogP) is 5.19. The Morgan fingerprint density at radius 2 is 1.91 bits per heavy atom. The molecular weight excluding hydrogens is 420 g/mol. The van der Waals surface area contributed by atoms with Crippen LogP contribution >= 0.6 is 12.2 Å². The Hall–Kier alpha value is -3.06. The highest BCUT2D eigenvalue weighted by atomic mass is 32.1. The molecule has 0 bridgehead atoms. The number of anilines is 1. The summed E-state index contributed by atoms with van der Waals surface area (Å²) in [5, 5.41) is 4.17. The summed E-state index contributed by atoms with van der Waals surface area (Å²) in [5.41, 5.74) is 3.03. The molecule has 1 N–H and O–H groups in total. The van der Waals surface area contributed by atoms with Gasteiger partial charge in [0, 0.05) is 30.7 Å². The van der Waals surface area contributed by atoms with Crippen LogP contribution in [0.4, 0.5) is 5.69 Å². The molecule has 0 spiro atoms. The first-order valence-corrected chi connectivity index (χ1v) is 11.5. The van der Waals surface area contributed by atoms with Gasteiger partial charge < -0.3 is 24.3 Å². The maximum absolute atomic E-state index is 5.86. The van der Waals surface area contributed by atoms with Gasteiger partial charge in [0.15, 0.2) is 5.11 Å². The molecule has 0 unspecified atom stereocenters. The third-order valence-electron chi connectivity index (χ3n) is 6.57. The molecule has 1 aromatic carbocycles. The number of aromatic nitrogens is 2. The highest BCUT2D eigenvalue weighted by Gasteiger charge is 2.42. The van der Waals surface area contributed by atoms with Crippen molar-refractivity contribution in [2.24, 2.45) is 0 Å². The third-order valence-corrected chi connectivity index (χ3v) is 6.88. The van der Waals surface area contributed by atoms with Gasteiger partial charge in [0.05, 0.1) is 37.7 Å². The van der Waals surface area contributed by atoms with E-state index in [1.807, 2.05) is 42.6 Å². The molecule has 0 amide bonds. The van der Waals surface area contributed by atoms with Crippen molar-refractivity contribution >= 4 is 23.0 Å². The highest BCUT2D eigenvalue weighted by molar-refractivity contribution is 7.80. The Balaban J connectivity index is 1.61. The van der Waals surface area contributed by atoms with E-state index in [2.05, 4.69) is 38.2 Å². The average Bonchev–Trinajstić information content (AvgIpc) is 3.58. The summed E-state index contributed by atoms with van der Waals surface area (Å²) < 4.78 is 13.6. The lowest BCUT2D eigenvalue weighted by Crippen LogP contribution is -2.29. The summed E-state index contributed by atoms with van der Waals surface area (Å²) in [5.74, 6) is 1.50. The minimum atomic E-state index is -0.0842. The summed E-state index contributed by atoms with van der Waals surface area (Å²) in [6.07, 6.45) is 11.4. The molecular formula is C25H28N4O2S. The molecule has 2 atom stereocenters. The molecule has 32 heavy (non-hydrogen) atoms. The number of rotatable bonds is 6. The van der Waals surface area contributed by atoms with Crippen LogP contribution in [0.2, 0.25) is 0 Å². The zero-order chi connectivity index (χ0) is 22.1. The Labute approximate surface area is 194 Å². The third kappa shape index (κ3) is 3.71. The summed E-state index contributed by atoms with van der Waals surface area (Å²) in [7, 11) is 3.35. The van der Waals surface area contributed by atoms with Gasteiger partial charge in [-0.2, -0.15) is 0 Å². The molecule has 3 heterocycles. The quantitative estimate of drug-likeness (QED) is 0.524. The lowest BCUT2D eigenvalue weighted by Gasteiger charge is -2.28. The first-order valence-electron chi connectivity index (χ1n) is 11.1. The number of hydrogen-bond donors (Lipinski definition) is 1. The molecule has 2 aliphatic rings. The lowest BCUT2D eigenvalue weighted by molar-refractivity contribution is 0.403. The molecule has 1 saturated carbocycles. The maximum atomic E-state index is 5.86. The second-order valence-electron chi connectivity index (χ2n) is 8.36. The van der Waals surface area contributed by atoms with E-state index in [0.717, 1.165) is 22.9 Å². The van der Waals surface area contributed by atoms with E-state index in [-0.39, 0.29) is 12.1 Å². The van der Waals surface area contributed by atoms with E-state index in [9.17, 15) is 0 Å². The van der Waals surface area contributed by atoms with Crippen molar-refractivity contribution in [1.82, 2.24) is 14.9 Å². The maximum Gasteiger partial charge on any atom is 0.174 e. The number of thiocarbonyl (C=S) groups is 1. The van der Waals surface area contributed by atoms with Crippen LogP contribution in [0.3, 0.4) is 0 Å². The van der Waals surface area contributed by atoms with Gasteiger partial charge in [-0.25, -0.2) is 0 Å². The smallest absolute Gasteiger partial charge is 0.174 e. The fourth-order valence-electron chi connectivity index (χ4n) is 4.97. The van der Waals surface area contributed by atoms with Gasteiger partial charge in [0.25, 0.3) is 0 Å². The Morgan fingerprint density at radius 1 is 1.06 bits per heavy atom. The molecule has 7 heteroatoms. The molecule has 6 nitrogen and oxygen atoms in total. The number of nitrogens with one attached hydrogen (secondary N) is 1. The number of methoxy groups -OCH3 is 2. The van der Waals surface area contributed by atoms with Crippen molar-refractivity contribution in [2.75, 3.05) is 19.1 Å². The summed E-state index contributed by atoms with van der Waals surface area (Å²) in [6.45, 7) is 0. The zero-order valence-corrected chi connectivity index (χ0v) is 19.2. The van der Waals surface area contributed by atoms with E-state index in [4.69, 9.17) is 21.7 Å². The van der Waals surface area contributed by atoms with E-state index >= 15 is 0 Å². The molecule has 1 saturated heterocycles. The number of pyridine rings is 1. The molecule has 0 radical (unpaired) electrons. The summed E-state index contributed by atoms with van der Waals surface area (Å²) in [4.78, 5) is 6.79. The van der Waals surface area contributed by atoms with Crippen molar-refractivity contribution in [2.45, 2.75) is 43.8 Å². The molecule has 2 fully saturated rings. The fraction of sp³-hybridized carbons (Fsp3) is 0.360. The van der Waals surface area contributed by atoms with Crippen molar-refractivity contribution in [3.05, 3.63) is 72.3 Å². The van der Waals surface area contributed by atoms with Crippen molar-refractivity contribution < 1.29 is 9.47 Å². The second kappa shape index (κ2) is 8.82. The van der Waals surface area contributed by atoms with Crippen molar-refractivity contribution in [3.8, 4) is 11.5 Å². The second-order valence-corrected chi connectivity index (χ2v) is 8.75. The largest absolute Gasteiger partial charge is 0.497 e. The van der Waals surface area contributed by atoms with Gasteiger partial charge in [-0.1, -0.05) is 18.9 Å². The van der Waals surface area contributed by atoms with Crippen LogP contribution in [0.15, 0.2) is 61.1 Å². The molecule has 5 rings (SSSR count). The van der Waals surface area contributed by atoms with Crippen molar-refractivity contribution in [3.63, 3.8) is 0 Å². The Bertz CT molecular complexity index is 1090. The van der Waals surface area contributed by atoms with Crippen LogP contribution in [0, 0.1) is 0 Å². The molecule has 1 aliphatic carbocycles. The summed E-state index contributed by atoms with van der Waals surface area (Å²) in [6, 6.07) is 14.4. The number of benzene rings is 1. The first-order chi connectivity index (χ1) is 15.7. The average molecular weight is 449 g/mol. The Kier molecular flexibility index (Phi) is 5.74. The standard InChI is InChI=1S/C25H28N4O2S/c1-30-19-10-11-22(31-2)21(15-19)29-24(17-12-14-28(16-17)18-7-3-4-8-18)23(27-25(29)32)20-9-5-6-13-26-20/h5-6,9-16,18,23-24H,3-4,7-8H2,1-2H3,(H,27,32)/t23-,24+/m1/s1. The lowest BCUT2D eigenvalue weighted by atomic mass is 9.98. The van der Waals surface area contributed by atoms with Gasteiger partial charge in [-0.3, -0.25) is 4.98 Å². The Morgan fingerprint density at radius 3 is 2.62 bits per heavy atom. The number of nitrogens with zero attached hydrogens (tertiary/aromatic N) is 3. The first kappa shape index (κ1) is 20.8. The summed E-state index contributed by atoms with van der Waals surface area (Å²) >= 11 is 5.86. The minimum absolute atomic E-state index is 0.0685. The topological polar surface area (TPSA) is 51.6 Å². The van der Waals surface area contributed by atoms with E-state index in [1.165, 1.54) is 31.2 Å². The van der Waals surface area contributed by atoms with Gasteiger partial charge >= 0.3 is 0 Å².